The molecule has 190 valence electrons. The van der Waals surface area contributed by atoms with Crippen LogP contribution in [0.5, 0.6) is 0 Å². The molecule has 2 aromatic rings. The van der Waals surface area contributed by atoms with E-state index in [1.54, 1.807) is 6.92 Å². The van der Waals surface area contributed by atoms with Crippen molar-refractivity contribution in [2.45, 2.75) is 77.6 Å². The first-order chi connectivity index (χ1) is 16.9. The molecule has 0 saturated heterocycles. The number of aliphatic hydroxyl groups excluding tert-OH is 1. The normalized spacial score (nSPS) is 18.7. The second-order valence-electron chi connectivity index (χ2n) is 10.3. The van der Waals surface area contributed by atoms with Crippen LogP contribution < -0.4 is 0 Å². The number of aryl methyl sites for hydroxylation is 1. The summed E-state index contributed by atoms with van der Waals surface area (Å²) >= 11 is 6.75. The summed E-state index contributed by atoms with van der Waals surface area (Å²) in [6, 6.07) is 15.4. The molecule has 1 aliphatic carbocycles. The summed E-state index contributed by atoms with van der Waals surface area (Å²) in [6.45, 7) is 7.79. The van der Waals surface area contributed by atoms with Crippen molar-refractivity contribution in [1.82, 2.24) is 0 Å². The van der Waals surface area contributed by atoms with Gasteiger partial charge in [-0.3, -0.25) is 0 Å². The van der Waals surface area contributed by atoms with Crippen molar-refractivity contribution in [3.8, 4) is 11.1 Å². The van der Waals surface area contributed by atoms with Crippen molar-refractivity contribution in [1.29, 1.82) is 0 Å². The van der Waals surface area contributed by atoms with Crippen molar-refractivity contribution in [2.75, 3.05) is 13.2 Å². The molecule has 0 amide bonds. The third kappa shape index (κ3) is 8.22. The molecular weight excluding hydrogens is 456 g/mol. The number of benzene rings is 2. The van der Waals surface area contributed by atoms with E-state index in [-0.39, 0.29) is 25.1 Å². The molecule has 3 nitrogen and oxygen atoms in total. The standard InChI is InChI=1S/C31H41ClO3/c1-4-5-6-7-23-8-14-27(15-9-23)29-17-16-28(19-30(29)32)26-12-10-24(11-13-26)18-25(20-33)21-35-31(34)22(2)3/h8-9,14-17,19,24-26,33H,2,4-7,10-13,18,20-21H2,1,3H3. The second-order valence-corrected chi connectivity index (χ2v) is 10.7. The van der Waals surface area contributed by atoms with E-state index in [1.807, 2.05) is 0 Å². The Kier molecular flexibility index (Phi) is 10.9. The van der Waals surface area contributed by atoms with Gasteiger partial charge in [0.25, 0.3) is 0 Å². The van der Waals surface area contributed by atoms with Crippen LogP contribution >= 0.6 is 11.6 Å². The van der Waals surface area contributed by atoms with Gasteiger partial charge in [0.1, 0.15) is 0 Å². The number of aliphatic hydroxyl groups is 1. The van der Waals surface area contributed by atoms with Crippen LogP contribution in [0, 0.1) is 11.8 Å². The quantitative estimate of drug-likeness (QED) is 0.183. The SMILES string of the molecule is C=C(C)C(=O)OCC(CO)CC1CCC(c2ccc(-c3ccc(CCCCC)cc3)c(Cl)c2)CC1. The molecule has 1 fully saturated rings. The van der Waals surface area contributed by atoms with Gasteiger partial charge in [-0.2, -0.15) is 0 Å². The fraction of sp³-hybridized carbons (Fsp3) is 0.516. The Labute approximate surface area is 216 Å². The fourth-order valence-electron chi connectivity index (χ4n) is 5.16. The summed E-state index contributed by atoms with van der Waals surface area (Å²) in [5.41, 5.74) is 5.38. The Morgan fingerprint density at radius 1 is 1.11 bits per heavy atom. The highest BCUT2D eigenvalue weighted by Crippen LogP contribution is 2.40. The predicted octanol–water partition coefficient (Wildman–Crippen LogP) is 8.13. The highest BCUT2D eigenvalue weighted by molar-refractivity contribution is 6.33. The van der Waals surface area contributed by atoms with Crippen LogP contribution in [-0.2, 0) is 16.0 Å². The summed E-state index contributed by atoms with van der Waals surface area (Å²) in [5.74, 6) is 0.687. The minimum atomic E-state index is -0.379. The lowest BCUT2D eigenvalue weighted by molar-refractivity contribution is -0.140. The lowest BCUT2D eigenvalue weighted by atomic mass is 9.75. The zero-order chi connectivity index (χ0) is 25.2. The number of carbonyl (C=O) groups excluding carboxylic acids is 1. The maximum Gasteiger partial charge on any atom is 0.333 e. The fourth-order valence-corrected chi connectivity index (χ4v) is 5.46. The van der Waals surface area contributed by atoms with Crippen LogP contribution in [0.4, 0.5) is 0 Å². The molecule has 0 spiro atoms. The van der Waals surface area contributed by atoms with Gasteiger partial charge in [0.15, 0.2) is 0 Å². The number of carbonyl (C=O) groups is 1. The highest BCUT2D eigenvalue weighted by atomic mass is 35.5. The molecule has 1 N–H and O–H groups in total. The first-order valence-electron chi connectivity index (χ1n) is 13.2. The van der Waals surface area contributed by atoms with Crippen molar-refractivity contribution < 1.29 is 14.6 Å². The Bertz CT molecular complexity index is 958. The molecule has 0 radical (unpaired) electrons. The highest BCUT2D eigenvalue weighted by Gasteiger charge is 2.25. The van der Waals surface area contributed by atoms with Crippen molar-refractivity contribution in [2.24, 2.45) is 11.8 Å². The predicted molar refractivity (Wildman–Crippen MR) is 146 cm³/mol. The minimum Gasteiger partial charge on any atom is -0.462 e. The van der Waals surface area contributed by atoms with Gasteiger partial charge in [0, 0.05) is 28.7 Å². The lowest BCUT2D eigenvalue weighted by Crippen LogP contribution is -2.23. The maximum atomic E-state index is 11.6. The Morgan fingerprint density at radius 3 is 2.43 bits per heavy atom. The van der Waals surface area contributed by atoms with E-state index in [1.165, 1.54) is 36.0 Å². The smallest absolute Gasteiger partial charge is 0.333 e. The van der Waals surface area contributed by atoms with Gasteiger partial charge in [0.05, 0.1) is 6.61 Å². The van der Waals surface area contributed by atoms with Crippen molar-refractivity contribution in [3.63, 3.8) is 0 Å². The van der Waals surface area contributed by atoms with E-state index in [0.717, 1.165) is 49.1 Å². The Balaban J connectivity index is 1.52. The lowest BCUT2D eigenvalue weighted by Gasteiger charge is -2.31. The molecule has 2 aromatic carbocycles. The third-order valence-corrected chi connectivity index (χ3v) is 7.68. The molecular formula is C31H41ClO3. The van der Waals surface area contributed by atoms with Gasteiger partial charge in [-0.1, -0.05) is 74.3 Å². The van der Waals surface area contributed by atoms with E-state index in [9.17, 15) is 9.90 Å². The number of ether oxygens (including phenoxy) is 1. The van der Waals surface area contributed by atoms with E-state index < -0.39 is 0 Å². The number of esters is 1. The average molecular weight is 497 g/mol. The molecule has 0 aromatic heterocycles. The van der Waals surface area contributed by atoms with Crippen LogP contribution in [0.25, 0.3) is 11.1 Å². The van der Waals surface area contributed by atoms with Crippen molar-refractivity contribution >= 4 is 17.6 Å². The number of halogens is 1. The zero-order valence-corrected chi connectivity index (χ0v) is 22.2. The molecule has 1 saturated carbocycles. The van der Waals surface area contributed by atoms with Crippen LogP contribution in [-0.4, -0.2) is 24.3 Å². The van der Waals surface area contributed by atoms with Gasteiger partial charge in [0.2, 0.25) is 0 Å². The molecule has 0 heterocycles. The summed E-state index contributed by atoms with van der Waals surface area (Å²) in [7, 11) is 0. The van der Waals surface area contributed by atoms with Gasteiger partial charge in [-0.05, 0) is 86.5 Å². The number of unbranched alkanes of at least 4 members (excludes halogenated alkanes) is 2. The molecule has 0 aliphatic heterocycles. The largest absolute Gasteiger partial charge is 0.462 e. The van der Waals surface area contributed by atoms with E-state index in [4.69, 9.17) is 16.3 Å². The van der Waals surface area contributed by atoms with Crippen molar-refractivity contribution in [3.05, 3.63) is 70.8 Å². The minimum absolute atomic E-state index is 0.00777. The van der Waals surface area contributed by atoms with Crippen LogP contribution in [0.1, 0.15) is 82.3 Å². The Hall–Kier alpha value is -2.10. The molecule has 35 heavy (non-hydrogen) atoms. The average Bonchev–Trinajstić information content (AvgIpc) is 2.87. The Morgan fingerprint density at radius 2 is 1.83 bits per heavy atom. The first kappa shape index (κ1) is 27.5. The van der Waals surface area contributed by atoms with Gasteiger partial charge in [-0.25, -0.2) is 4.79 Å². The van der Waals surface area contributed by atoms with Crippen LogP contribution in [0.15, 0.2) is 54.6 Å². The molecule has 3 rings (SSSR count). The monoisotopic (exact) mass is 496 g/mol. The van der Waals surface area contributed by atoms with Gasteiger partial charge >= 0.3 is 5.97 Å². The number of hydrogen-bond donors (Lipinski definition) is 1. The molecule has 1 unspecified atom stereocenters. The summed E-state index contributed by atoms with van der Waals surface area (Å²) in [4.78, 5) is 11.6. The summed E-state index contributed by atoms with van der Waals surface area (Å²) in [5, 5.41) is 10.5. The molecule has 4 heteroatoms. The molecule has 1 aliphatic rings. The van der Waals surface area contributed by atoms with E-state index >= 15 is 0 Å². The van der Waals surface area contributed by atoms with Crippen LogP contribution in [0.2, 0.25) is 5.02 Å². The summed E-state index contributed by atoms with van der Waals surface area (Å²) < 4.78 is 5.26. The van der Waals surface area contributed by atoms with E-state index in [0.29, 0.717) is 17.4 Å². The zero-order valence-electron chi connectivity index (χ0n) is 21.4. The maximum absolute atomic E-state index is 11.6. The second kappa shape index (κ2) is 13.8. The topological polar surface area (TPSA) is 46.5 Å². The van der Waals surface area contributed by atoms with E-state index in [2.05, 4.69) is 56.0 Å². The summed E-state index contributed by atoms with van der Waals surface area (Å²) in [6.07, 6.45) is 10.3. The first-order valence-corrected chi connectivity index (χ1v) is 13.6. The van der Waals surface area contributed by atoms with Crippen LogP contribution in [0.3, 0.4) is 0 Å². The molecule has 1 atom stereocenters. The number of hydrogen-bond acceptors (Lipinski definition) is 3. The van der Waals surface area contributed by atoms with Gasteiger partial charge < -0.3 is 9.84 Å². The third-order valence-electron chi connectivity index (χ3n) is 7.37. The van der Waals surface area contributed by atoms with Gasteiger partial charge in [-0.15, -0.1) is 0 Å². The number of rotatable bonds is 12. The molecule has 0 bridgehead atoms.